The van der Waals surface area contributed by atoms with Gasteiger partial charge in [0.25, 0.3) is 5.91 Å². The van der Waals surface area contributed by atoms with Crippen molar-refractivity contribution in [1.82, 2.24) is 4.98 Å². The lowest BCUT2D eigenvalue weighted by Crippen LogP contribution is -2.32. The predicted octanol–water partition coefficient (Wildman–Crippen LogP) is 3.13. The van der Waals surface area contributed by atoms with E-state index in [2.05, 4.69) is 10.3 Å². The third-order valence-electron chi connectivity index (χ3n) is 5.56. The smallest absolute Gasteiger partial charge is 0.350 e. The molecule has 0 radical (unpaired) electrons. The fourth-order valence-electron chi connectivity index (χ4n) is 4.19. The Morgan fingerprint density at radius 3 is 2.33 bits per heavy atom. The summed E-state index contributed by atoms with van der Waals surface area (Å²) in [4.78, 5) is 18.7. The Hall–Kier alpha value is -2.66. The van der Waals surface area contributed by atoms with E-state index in [9.17, 15) is 26.4 Å². The molecule has 1 aromatic heterocycles. The van der Waals surface area contributed by atoms with Gasteiger partial charge in [-0.25, -0.2) is 18.5 Å². The van der Waals surface area contributed by atoms with Crippen LogP contribution in [0.2, 0.25) is 0 Å². The molecule has 160 valence electrons. The maximum Gasteiger partial charge on any atom is 0.417 e. The van der Waals surface area contributed by atoms with Crippen LogP contribution in [-0.2, 0) is 16.2 Å². The Labute approximate surface area is 171 Å². The van der Waals surface area contributed by atoms with Crippen molar-refractivity contribution in [2.45, 2.75) is 48.8 Å². The molecule has 4 rings (SSSR count). The number of pyridine rings is 1. The van der Waals surface area contributed by atoms with Crippen LogP contribution in [0, 0.1) is 0 Å². The molecule has 2 aliphatic heterocycles. The predicted molar refractivity (Wildman–Crippen MR) is 104 cm³/mol. The first-order valence-corrected chi connectivity index (χ1v) is 10.9. The van der Waals surface area contributed by atoms with E-state index in [1.807, 2.05) is 4.90 Å². The normalized spacial score (nSPS) is 21.1. The number of carbonyl (C=O) groups excluding carboxylic acids is 1. The first-order valence-electron chi connectivity index (χ1n) is 9.34. The van der Waals surface area contributed by atoms with Gasteiger partial charge in [-0.05, 0) is 49.9 Å². The van der Waals surface area contributed by atoms with Crippen LogP contribution in [-0.4, -0.2) is 31.4 Å². The summed E-state index contributed by atoms with van der Waals surface area (Å²) < 4.78 is 62.8. The second kappa shape index (κ2) is 7.24. The summed E-state index contributed by atoms with van der Waals surface area (Å²) in [5.74, 6) is -0.588. The summed E-state index contributed by atoms with van der Waals surface area (Å²) in [5.41, 5.74) is -1.13. The number of nitrogens with two attached hydrogens (primary N) is 1. The Balaban J connectivity index is 1.72. The van der Waals surface area contributed by atoms with Gasteiger partial charge in [0.2, 0.25) is 10.0 Å². The van der Waals surface area contributed by atoms with Crippen molar-refractivity contribution in [3.8, 4) is 0 Å². The zero-order chi connectivity index (χ0) is 21.7. The number of amides is 1. The van der Waals surface area contributed by atoms with Gasteiger partial charge in [-0.1, -0.05) is 6.07 Å². The Morgan fingerprint density at radius 1 is 1.13 bits per heavy atom. The second-order valence-electron chi connectivity index (χ2n) is 7.49. The maximum absolute atomic E-state index is 13.3. The number of alkyl halides is 3. The molecule has 11 heteroatoms. The number of sulfonamides is 1. The number of halogens is 3. The molecule has 1 amide bonds. The first-order chi connectivity index (χ1) is 14.0. The van der Waals surface area contributed by atoms with Gasteiger partial charge in [0.05, 0.1) is 16.0 Å². The van der Waals surface area contributed by atoms with E-state index in [4.69, 9.17) is 5.14 Å². The van der Waals surface area contributed by atoms with Crippen molar-refractivity contribution in [3.05, 3.63) is 47.7 Å². The number of rotatable bonds is 4. The van der Waals surface area contributed by atoms with E-state index in [0.29, 0.717) is 0 Å². The lowest BCUT2D eigenvalue weighted by atomic mass is 10.0. The Kier molecular flexibility index (Phi) is 4.97. The molecule has 3 heterocycles. The van der Waals surface area contributed by atoms with E-state index in [1.165, 1.54) is 18.2 Å². The molecule has 0 atom stereocenters. The fourth-order valence-corrected chi connectivity index (χ4v) is 4.75. The van der Waals surface area contributed by atoms with Crippen molar-refractivity contribution in [2.24, 2.45) is 5.14 Å². The minimum absolute atomic E-state index is 0.0966. The summed E-state index contributed by atoms with van der Waals surface area (Å²) >= 11 is 0. The van der Waals surface area contributed by atoms with Crippen molar-refractivity contribution in [1.29, 1.82) is 0 Å². The molecule has 2 aromatic rings. The number of aromatic nitrogens is 1. The van der Waals surface area contributed by atoms with Crippen LogP contribution in [0.3, 0.4) is 0 Å². The van der Waals surface area contributed by atoms with E-state index in [1.54, 1.807) is 0 Å². The van der Waals surface area contributed by atoms with Gasteiger partial charge in [0.1, 0.15) is 5.82 Å². The molecule has 2 aliphatic rings. The minimum atomic E-state index is -4.65. The molecule has 2 bridgehead atoms. The van der Waals surface area contributed by atoms with Crippen LogP contribution >= 0.6 is 0 Å². The lowest BCUT2D eigenvalue weighted by Gasteiger charge is -2.26. The molecule has 7 nitrogen and oxygen atoms in total. The molecule has 2 saturated heterocycles. The SMILES string of the molecule is NS(=O)(=O)c1cccc(NC(=O)c2cc(C(F)(F)F)cnc2N2C3CCC2CC3)c1. The van der Waals surface area contributed by atoms with Crippen LogP contribution in [0.4, 0.5) is 24.7 Å². The molecule has 2 fully saturated rings. The number of nitrogens with one attached hydrogen (secondary N) is 1. The minimum Gasteiger partial charge on any atom is -0.350 e. The number of primary sulfonamides is 1. The number of benzene rings is 1. The van der Waals surface area contributed by atoms with Crippen LogP contribution in [0.15, 0.2) is 41.4 Å². The lowest BCUT2D eigenvalue weighted by molar-refractivity contribution is -0.137. The van der Waals surface area contributed by atoms with Crippen LogP contribution in [0.1, 0.15) is 41.6 Å². The fraction of sp³-hybridized carbons (Fsp3) is 0.368. The number of fused-ring (bicyclic) bond motifs is 2. The monoisotopic (exact) mass is 440 g/mol. The maximum atomic E-state index is 13.3. The highest BCUT2D eigenvalue weighted by molar-refractivity contribution is 7.89. The topological polar surface area (TPSA) is 105 Å². The van der Waals surface area contributed by atoms with Gasteiger partial charge in [0.15, 0.2) is 0 Å². The van der Waals surface area contributed by atoms with E-state index in [-0.39, 0.29) is 34.0 Å². The van der Waals surface area contributed by atoms with Crippen LogP contribution < -0.4 is 15.4 Å². The number of hydrogen-bond acceptors (Lipinski definition) is 5. The standard InChI is InChI=1S/C19H19F3N4O3S/c20-19(21,22)11-8-16(17(24-10-11)26-13-4-5-14(26)7-6-13)18(27)25-12-2-1-3-15(9-12)30(23,28)29/h1-3,8-10,13-14H,4-7H2,(H,25,27)(H2,23,28,29). The molecule has 0 saturated carbocycles. The first kappa shape index (κ1) is 20.6. The van der Waals surface area contributed by atoms with Crippen molar-refractivity contribution < 1.29 is 26.4 Å². The molecule has 0 aliphatic carbocycles. The third kappa shape index (κ3) is 3.86. The Morgan fingerprint density at radius 2 is 1.77 bits per heavy atom. The number of anilines is 2. The highest BCUT2D eigenvalue weighted by Crippen LogP contribution is 2.42. The van der Waals surface area contributed by atoms with Gasteiger partial charge in [-0.15, -0.1) is 0 Å². The van der Waals surface area contributed by atoms with E-state index < -0.39 is 27.7 Å². The number of hydrogen-bond donors (Lipinski definition) is 2. The van der Waals surface area contributed by atoms with Crippen molar-refractivity contribution in [3.63, 3.8) is 0 Å². The van der Waals surface area contributed by atoms with E-state index in [0.717, 1.165) is 44.0 Å². The molecular weight excluding hydrogens is 421 g/mol. The molecule has 0 unspecified atom stereocenters. The summed E-state index contributed by atoms with van der Waals surface area (Å²) in [7, 11) is -4.00. The largest absolute Gasteiger partial charge is 0.417 e. The second-order valence-corrected chi connectivity index (χ2v) is 9.05. The third-order valence-corrected chi connectivity index (χ3v) is 6.47. The van der Waals surface area contributed by atoms with Crippen LogP contribution in [0.25, 0.3) is 0 Å². The van der Waals surface area contributed by atoms with Gasteiger partial charge < -0.3 is 10.2 Å². The van der Waals surface area contributed by atoms with Crippen molar-refractivity contribution in [2.75, 3.05) is 10.2 Å². The number of nitrogens with zero attached hydrogens (tertiary/aromatic N) is 2. The highest BCUT2D eigenvalue weighted by Gasteiger charge is 2.42. The zero-order valence-corrected chi connectivity index (χ0v) is 16.5. The van der Waals surface area contributed by atoms with Crippen molar-refractivity contribution >= 4 is 27.4 Å². The summed E-state index contributed by atoms with van der Waals surface area (Å²) in [5, 5.41) is 7.57. The van der Waals surface area contributed by atoms with Gasteiger partial charge in [-0.2, -0.15) is 13.2 Å². The molecule has 1 aromatic carbocycles. The van der Waals surface area contributed by atoms with Gasteiger partial charge in [0, 0.05) is 24.0 Å². The molecular formula is C19H19F3N4O3S. The molecule has 3 N–H and O–H groups in total. The Bertz CT molecular complexity index is 1080. The summed E-state index contributed by atoms with van der Waals surface area (Å²) in [6.07, 6.45) is -0.283. The summed E-state index contributed by atoms with van der Waals surface area (Å²) in [6, 6.07) is 6.29. The quantitative estimate of drug-likeness (QED) is 0.760. The average Bonchev–Trinajstić information content (AvgIpc) is 3.26. The molecule has 30 heavy (non-hydrogen) atoms. The molecule has 0 spiro atoms. The van der Waals surface area contributed by atoms with E-state index >= 15 is 0 Å². The summed E-state index contributed by atoms with van der Waals surface area (Å²) in [6.45, 7) is 0. The average molecular weight is 440 g/mol. The van der Waals surface area contributed by atoms with Gasteiger partial charge >= 0.3 is 6.18 Å². The van der Waals surface area contributed by atoms with Gasteiger partial charge in [-0.3, -0.25) is 4.79 Å². The number of carbonyl (C=O) groups is 1. The zero-order valence-electron chi connectivity index (χ0n) is 15.7. The highest BCUT2D eigenvalue weighted by atomic mass is 32.2. The van der Waals surface area contributed by atoms with Crippen LogP contribution in [0.5, 0.6) is 0 Å².